The van der Waals surface area contributed by atoms with Gasteiger partial charge >= 0.3 is 0 Å². The molecule has 1 heterocycles. The predicted octanol–water partition coefficient (Wildman–Crippen LogP) is -0.461. The van der Waals surface area contributed by atoms with E-state index in [2.05, 4.69) is 10.3 Å². The van der Waals surface area contributed by atoms with E-state index < -0.39 is 15.7 Å². The van der Waals surface area contributed by atoms with E-state index >= 15 is 0 Å². The molecule has 2 N–H and O–H groups in total. The number of pyridine rings is 1. The van der Waals surface area contributed by atoms with Crippen LogP contribution in [-0.4, -0.2) is 37.4 Å². The van der Waals surface area contributed by atoms with Gasteiger partial charge in [0.1, 0.15) is 0 Å². The van der Waals surface area contributed by atoms with Crippen LogP contribution in [0.25, 0.3) is 0 Å². The Morgan fingerprint density at radius 1 is 1.47 bits per heavy atom. The highest BCUT2D eigenvalue weighted by molar-refractivity contribution is 7.91. The van der Waals surface area contributed by atoms with Gasteiger partial charge in [-0.15, -0.1) is 0 Å². The zero-order chi connectivity index (χ0) is 12.9. The molecule has 0 spiro atoms. The molecule has 6 nitrogen and oxygen atoms in total. The fraction of sp³-hybridized carbons (Fsp3) is 0.400. The van der Waals surface area contributed by atoms with Gasteiger partial charge in [0.25, 0.3) is 5.91 Å². The Balaban J connectivity index is 2.54. The summed E-state index contributed by atoms with van der Waals surface area (Å²) < 4.78 is 22.3. The Morgan fingerprint density at radius 3 is 2.76 bits per heavy atom. The van der Waals surface area contributed by atoms with Gasteiger partial charge in [-0.1, -0.05) is 6.92 Å². The number of rotatable bonds is 5. The molecule has 7 heteroatoms. The standard InChI is InChI=1S/C10H14N2O4S/c1-2-17(15,16)6-5-12-10(14)8-3-4-11-9(13)7-8/h3-4,7H,2,5-6H2,1H3,(H,11,13)(H,12,14). The summed E-state index contributed by atoms with van der Waals surface area (Å²) in [6, 6.07) is 2.61. The minimum Gasteiger partial charge on any atom is -0.351 e. The molecule has 17 heavy (non-hydrogen) atoms. The Bertz CT molecular complexity index is 547. The van der Waals surface area contributed by atoms with E-state index in [1.54, 1.807) is 6.92 Å². The lowest BCUT2D eigenvalue weighted by Crippen LogP contribution is -2.30. The van der Waals surface area contributed by atoms with Crippen LogP contribution < -0.4 is 10.9 Å². The molecule has 0 saturated carbocycles. The Labute approximate surface area is 99.0 Å². The van der Waals surface area contributed by atoms with Gasteiger partial charge in [-0.2, -0.15) is 0 Å². The molecule has 1 rings (SSSR count). The number of H-pyrrole nitrogens is 1. The maximum Gasteiger partial charge on any atom is 0.251 e. The Hall–Kier alpha value is -1.63. The summed E-state index contributed by atoms with van der Waals surface area (Å²) in [7, 11) is -3.09. The van der Waals surface area contributed by atoms with Crippen molar-refractivity contribution in [3.05, 3.63) is 34.2 Å². The lowest BCUT2D eigenvalue weighted by atomic mass is 10.2. The number of sulfone groups is 1. The molecule has 0 aliphatic carbocycles. The van der Waals surface area contributed by atoms with Gasteiger partial charge in [0, 0.05) is 30.1 Å². The second-order valence-corrected chi connectivity index (χ2v) is 5.91. The first kappa shape index (κ1) is 13.4. The van der Waals surface area contributed by atoms with Gasteiger partial charge in [-0.25, -0.2) is 8.42 Å². The van der Waals surface area contributed by atoms with Gasteiger partial charge in [0.15, 0.2) is 9.84 Å². The van der Waals surface area contributed by atoms with E-state index in [9.17, 15) is 18.0 Å². The largest absolute Gasteiger partial charge is 0.351 e. The van der Waals surface area contributed by atoms with Crippen LogP contribution >= 0.6 is 0 Å². The highest BCUT2D eigenvalue weighted by atomic mass is 32.2. The molecular weight excluding hydrogens is 244 g/mol. The van der Waals surface area contributed by atoms with Gasteiger partial charge < -0.3 is 10.3 Å². The molecule has 0 saturated heterocycles. The summed E-state index contributed by atoms with van der Waals surface area (Å²) in [6.07, 6.45) is 1.36. The molecule has 1 amide bonds. The average Bonchev–Trinajstić information content (AvgIpc) is 2.28. The lowest BCUT2D eigenvalue weighted by Gasteiger charge is -2.04. The van der Waals surface area contributed by atoms with Crippen molar-refractivity contribution >= 4 is 15.7 Å². The maximum atomic E-state index is 11.5. The van der Waals surface area contributed by atoms with Crippen LogP contribution in [0.4, 0.5) is 0 Å². The molecule has 1 aromatic heterocycles. The van der Waals surface area contributed by atoms with Gasteiger partial charge in [-0.05, 0) is 6.07 Å². The molecule has 0 fully saturated rings. The molecule has 0 aliphatic rings. The summed E-state index contributed by atoms with van der Waals surface area (Å²) in [4.78, 5) is 24.8. The van der Waals surface area contributed by atoms with E-state index in [-0.39, 0.29) is 29.2 Å². The van der Waals surface area contributed by atoms with E-state index in [1.165, 1.54) is 12.3 Å². The van der Waals surface area contributed by atoms with Crippen LogP contribution in [-0.2, 0) is 9.84 Å². The van der Waals surface area contributed by atoms with Crippen LogP contribution in [0.2, 0.25) is 0 Å². The molecule has 0 bridgehead atoms. The molecule has 0 atom stereocenters. The molecule has 0 aliphatic heterocycles. The summed E-state index contributed by atoms with van der Waals surface area (Å²) in [5.74, 6) is -0.505. The number of aromatic nitrogens is 1. The van der Waals surface area contributed by atoms with Crippen molar-refractivity contribution in [1.82, 2.24) is 10.3 Å². The van der Waals surface area contributed by atoms with Gasteiger partial charge in [-0.3, -0.25) is 9.59 Å². The van der Waals surface area contributed by atoms with Crippen molar-refractivity contribution in [1.29, 1.82) is 0 Å². The first-order chi connectivity index (χ1) is 7.94. The van der Waals surface area contributed by atoms with E-state index in [4.69, 9.17) is 0 Å². The third-order valence-corrected chi connectivity index (χ3v) is 3.88. The second-order valence-electron chi connectivity index (χ2n) is 3.43. The van der Waals surface area contributed by atoms with E-state index in [0.717, 1.165) is 6.07 Å². The van der Waals surface area contributed by atoms with Crippen LogP contribution in [0.15, 0.2) is 23.1 Å². The first-order valence-corrected chi connectivity index (χ1v) is 6.94. The molecule has 94 valence electrons. The monoisotopic (exact) mass is 258 g/mol. The van der Waals surface area contributed by atoms with Crippen molar-refractivity contribution in [3.8, 4) is 0 Å². The number of nitrogens with one attached hydrogen (secondary N) is 2. The van der Waals surface area contributed by atoms with Crippen LogP contribution in [0, 0.1) is 0 Å². The second kappa shape index (κ2) is 5.62. The SMILES string of the molecule is CCS(=O)(=O)CCNC(=O)c1cc[nH]c(=O)c1. The molecule has 0 aromatic carbocycles. The smallest absolute Gasteiger partial charge is 0.251 e. The molecule has 0 unspecified atom stereocenters. The highest BCUT2D eigenvalue weighted by Gasteiger charge is 2.09. The molecule has 0 radical (unpaired) electrons. The average molecular weight is 258 g/mol. The summed E-state index contributed by atoms with van der Waals surface area (Å²) in [6.45, 7) is 1.59. The quantitative estimate of drug-likeness (QED) is 0.747. The summed E-state index contributed by atoms with van der Waals surface area (Å²) >= 11 is 0. The van der Waals surface area contributed by atoms with Gasteiger partial charge in [0.05, 0.1) is 5.75 Å². The number of amides is 1. The zero-order valence-electron chi connectivity index (χ0n) is 9.39. The normalized spacial score (nSPS) is 11.1. The number of hydrogen-bond donors (Lipinski definition) is 2. The topological polar surface area (TPSA) is 96.1 Å². The Kier molecular flexibility index (Phi) is 4.45. The maximum absolute atomic E-state index is 11.5. The molecular formula is C10H14N2O4S. The van der Waals surface area contributed by atoms with Crippen molar-refractivity contribution in [2.45, 2.75) is 6.92 Å². The van der Waals surface area contributed by atoms with Crippen molar-refractivity contribution in [3.63, 3.8) is 0 Å². The summed E-state index contributed by atoms with van der Waals surface area (Å²) in [5.41, 5.74) is -0.165. The minimum absolute atomic E-state index is 0.0435. The zero-order valence-corrected chi connectivity index (χ0v) is 10.2. The Morgan fingerprint density at radius 2 is 2.18 bits per heavy atom. The van der Waals surface area contributed by atoms with E-state index in [1.807, 2.05) is 0 Å². The van der Waals surface area contributed by atoms with Crippen LogP contribution in [0.1, 0.15) is 17.3 Å². The van der Waals surface area contributed by atoms with Gasteiger partial charge in [0.2, 0.25) is 5.56 Å². The fourth-order valence-corrected chi connectivity index (χ4v) is 1.85. The van der Waals surface area contributed by atoms with Crippen molar-refractivity contribution < 1.29 is 13.2 Å². The third-order valence-electron chi connectivity index (χ3n) is 2.18. The van der Waals surface area contributed by atoms with Crippen LogP contribution in [0.5, 0.6) is 0 Å². The minimum atomic E-state index is -3.09. The lowest BCUT2D eigenvalue weighted by molar-refractivity contribution is 0.0956. The predicted molar refractivity (Wildman–Crippen MR) is 63.7 cm³/mol. The molecule has 1 aromatic rings. The third kappa shape index (κ3) is 4.39. The van der Waals surface area contributed by atoms with Crippen LogP contribution in [0.3, 0.4) is 0 Å². The number of carbonyl (C=O) groups is 1. The van der Waals surface area contributed by atoms with E-state index in [0.29, 0.717) is 0 Å². The van der Waals surface area contributed by atoms with Crippen molar-refractivity contribution in [2.75, 3.05) is 18.1 Å². The number of carbonyl (C=O) groups excluding carboxylic acids is 1. The first-order valence-electron chi connectivity index (χ1n) is 5.12. The number of hydrogen-bond acceptors (Lipinski definition) is 4. The van der Waals surface area contributed by atoms with Crippen molar-refractivity contribution in [2.24, 2.45) is 0 Å². The fourth-order valence-electron chi connectivity index (χ4n) is 1.15. The summed E-state index contributed by atoms with van der Waals surface area (Å²) in [5, 5.41) is 2.45. The highest BCUT2D eigenvalue weighted by Crippen LogP contribution is 1.93. The number of aromatic amines is 1.